The maximum atomic E-state index is 2.30. The standard InChI is InChI=1S/C10H22.C10H20.C9H20S/c2*1-9(2,3)7-8-10(4,5)6;1-8(2,3)7-10-9(4,5)6/h7-8H2,1-6H3;7-8H,1-6H3;7H2,1-6H3/b;8-7+;. The molecule has 0 heterocycles. The van der Waals surface area contributed by atoms with Gasteiger partial charge >= 0.3 is 0 Å². The lowest BCUT2D eigenvalue weighted by Crippen LogP contribution is -2.16. The second-order valence-electron chi connectivity index (χ2n) is 15.6. The number of rotatable bonds is 2. The normalized spacial score (nSPS) is 14.1. The van der Waals surface area contributed by atoms with E-state index >= 15 is 0 Å². The van der Waals surface area contributed by atoms with Crippen molar-refractivity contribution in [1.29, 1.82) is 0 Å². The molecule has 0 aliphatic rings. The molecule has 0 radical (unpaired) electrons. The van der Waals surface area contributed by atoms with Gasteiger partial charge in [-0.2, -0.15) is 11.8 Å². The third-order valence-electron chi connectivity index (χ3n) is 3.65. The van der Waals surface area contributed by atoms with Crippen LogP contribution in [0, 0.1) is 27.1 Å². The largest absolute Gasteiger partial charge is 0.155 e. The molecule has 0 bridgehead atoms. The average molecular weight is 443 g/mol. The van der Waals surface area contributed by atoms with Crippen LogP contribution in [-0.4, -0.2) is 10.5 Å². The Morgan fingerprint density at radius 1 is 0.433 bits per heavy atom. The van der Waals surface area contributed by atoms with Crippen LogP contribution in [0.5, 0.6) is 0 Å². The summed E-state index contributed by atoms with van der Waals surface area (Å²) >= 11 is 2.04. The van der Waals surface area contributed by atoms with Crippen molar-refractivity contribution in [3.8, 4) is 0 Å². The van der Waals surface area contributed by atoms with Gasteiger partial charge in [0, 0.05) is 4.75 Å². The van der Waals surface area contributed by atoms with Crippen LogP contribution in [0.25, 0.3) is 0 Å². The average Bonchev–Trinajstić information content (AvgIpc) is 2.38. The summed E-state index contributed by atoms with van der Waals surface area (Å²) in [5.74, 6) is 1.25. The van der Waals surface area contributed by atoms with Crippen molar-refractivity contribution in [2.45, 2.75) is 142 Å². The van der Waals surface area contributed by atoms with Gasteiger partial charge < -0.3 is 0 Å². The first kappa shape index (κ1) is 34.7. The zero-order valence-electron chi connectivity index (χ0n) is 24.7. The predicted molar refractivity (Wildman–Crippen MR) is 148 cm³/mol. The van der Waals surface area contributed by atoms with Crippen LogP contribution >= 0.6 is 11.8 Å². The van der Waals surface area contributed by atoms with Crippen LogP contribution in [0.2, 0.25) is 0 Å². The van der Waals surface area contributed by atoms with Crippen LogP contribution in [0.1, 0.15) is 137 Å². The van der Waals surface area contributed by atoms with E-state index in [0.29, 0.717) is 31.8 Å². The van der Waals surface area contributed by atoms with Gasteiger partial charge in [-0.3, -0.25) is 0 Å². The molecule has 30 heavy (non-hydrogen) atoms. The molecule has 0 N–H and O–H groups in total. The number of hydrogen-bond donors (Lipinski definition) is 0. The lowest BCUT2D eigenvalue weighted by Gasteiger charge is -2.24. The van der Waals surface area contributed by atoms with Gasteiger partial charge in [0.2, 0.25) is 0 Å². The molecule has 0 aliphatic carbocycles. The van der Waals surface area contributed by atoms with E-state index in [1.807, 2.05) is 11.8 Å². The summed E-state index contributed by atoms with van der Waals surface area (Å²) in [6.45, 7) is 40.8. The second-order valence-corrected chi connectivity index (χ2v) is 17.5. The van der Waals surface area contributed by atoms with Crippen molar-refractivity contribution in [3.05, 3.63) is 12.2 Å². The molecule has 0 aromatic rings. The smallest absolute Gasteiger partial charge is 0.00752 e. The van der Waals surface area contributed by atoms with Crippen LogP contribution in [0.15, 0.2) is 12.2 Å². The molecule has 0 saturated heterocycles. The molecular weight excluding hydrogens is 380 g/mol. The minimum absolute atomic E-state index is 0.327. The third-order valence-corrected chi connectivity index (χ3v) is 5.52. The fraction of sp³-hybridized carbons (Fsp3) is 0.931. The maximum absolute atomic E-state index is 2.30. The Morgan fingerprint density at radius 2 is 0.700 bits per heavy atom. The summed E-state index contributed by atoms with van der Waals surface area (Å²) in [4.78, 5) is 0. The van der Waals surface area contributed by atoms with Crippen molar-refractivity contribution >= 4 is 11.8 Å². The van der Waals surface area contributed by atoms with E-state index in [-0.39, 0.29) is 0 Å². The Labute approximate surface area is 198 Å². The zero-order chi connectivity index (χ0) is 25.2. The van der Waals surface area contributed by atoms with E-state index in [1.54, 1.807) is 0 Å². The van der Waals surface area contributed by atoms with Crippen molar-refractivity contribution in [2.75, 3.05) is 5.75 Å². The molecule has 0 saturated carbocycles. The molecule has 0 unspecified atom stereocenters. The Kier molecular flexibility index (Phi) is 15.0. The molecule has 0 nitrogen and oxygen atoms in total. The summed E-state index contributed by atoms with van der Waals surface area (Å²) in [7, 11) is 0. The van der Waals surface area contributed by atoms with E-state index in [4.69, 9.17) is 0 Å². The molecule has 0 aliphatic heterocycles. The number of thioether (sulfide) groups is 1. The summed E-state index contributed by atoms with van der Waals surface area (Å²) in [5.41, 5.74) is 2.14. The van der Waals surface area contributed by atoms with Crippen LogP contribution < -0.4 is 0 Å². The van der Waals surface area contributed by atoms with Crippen molar-refractivity contribution < 1.29 is 0 Å². The summed E-state index contributed by atoms with van der Waals surface area (Å²) in [6, 6.07) is 0. The van der Waals surface area contributed by atoms with Crippen molar-refractivity contribution in [1.82, 2.24) is 0 Å². The highest BCUT2D eigenvalue weighted by Gasteiger charge is 2.17. The number of hydrogen-bond acceptors (Lipinski definition) is 1. The maximum Gasteiger partial charge on any atom is 0.00752 e. The molecule has 0 aromatic carbocycles. The summed E-state index contributed by atoms with van der Waals surface area (Å²) in [6.07, 6.45) is 7.20. The molecule has 0 fully saturated rings. The van der Waals surface area contributed by atoms with Gasteiger partial charge in [0.15, 0.2) is 0 Å². The SMILES string of the molecule is CC(C)(C)/C=C/C(C)(C)C.CC(C)(C)CCC(C)(C)C.CC(C)(C)CSC(C)(C)C. The van der Waals surface area contributed by atoms with Gasteiger partial charge in [-0.25, -0.2) is 0 Å². The highest BCUT2D eigenvalue weighted by molar-refractivity contribution is 8.00. The molecule has 0 atom stereocenters. The fourth-order valence-electron chi connectivity index (χ4n) is 1.68. The first-order chi connectivity index (χ1) is 12.6. The summed E-state index contributed by atoms with van der Waals surface area (Å²) in [5, 5.41) is 0. The first-order valence-corrected chi connectivity index (χ1v) is 12.9. The van der Waals surface area contributed by atoms with Gasteiger partial charge in [-0.05, 0) is 45.7 Å². The van der Waals surface area contributed by atoms with Crippen molar-refractivity contribution in [3.63, 3.8) is 0 Å². The fourth-order valence-corrected chi connectivity index (χ4v) is 2.55. The quantitative estimate of drug-likeness (QED) is 0.383. The van der Waals surface area contributed by atoms with E-state index in [9.17, 15) is 0 Å². The second kappa shape index (κ2) is 13.0. The molecule has 0 rings (SSSR count). The molecule has 1 heteroatoms. The van der Waals surface area contributed by atoms with E-state index in [1.165, 1.54) is 18.6 Å². The van der Waals surface area contributed by atoms with E-state index < -0.39 is 0 Å². The minimum atomic E-state index is 0.327. The summed E-state index contributed by atoms with van der Waals surface area (Å²) < 4.78 is 0.424. The Bertz CT molecular complexity index is 368. The zero-order valence-corrected chi connectivity index (χ0v) is 25.5. The first-order valence-electron chi connectivity index (χ1n) is 12.0. The highest BCUT2D eigenvalue weighted by Crippen LogP contribution is 2.30. The van der Waals surface area contributed by atoms with Crippen LogP contribution in [0.3, 0.4) is 0 Å². The van der Waals surface area contributed by atoms with Gasteiger partial charge in [-0.1, -0.05) is 137 Å². The third kappa shape index (κ3) is 46.3. The Hall–Kier alpha value is 0.0900. The Balaban J connectivity index is -0.000000364. The highest BCUT2D eigenvalue weighted by atomic mass is 32.2. The van der Waals surface area contributed by atoms with Crippen LogP contribution in [-0.2, 0) is 0 Å². The Morgan fingerprint density at radius 3 is 0.800 bits per heavy atom. The lowest BCUT2D eigenvalue weighted by atomic mass is 9.81. The molecular formula is C29H62S. The van der Waals surface area contributed by atoms with E-state index in [2.05, 4.69) is 137 Å². The van der Waals surface area contributed by atoms with Gasteiger partial charge in [-0.15, -0.1) is 0 Å². The van der Waals surface area contributed by atoms with Gasteiger partial charge in [0.25, 0.3) is 0 Å². The molecule has 0 spiro atoms. The lowest BCUT2D eigenvalue weighted by molar-refractivity contribution is 0.275. The van der Waals surface area contributed by atoms with Gasteiger partial charge in [0.1, 0.15) is 0 Å². The minimum Gasteiger partial charge on any atom is -0.155 e. The molecule has 0 amide bonds. The van der Waals surface area contributed by atoms with Crippen molar-refractivity contribution in [2.24, 2.45) is 27.1 Å². The predicted octanol–water partition coefficient (Wildman–Crippen LogP) is 11.1. The van der Waals surface area contributed by atoms with E-state index in [0.717, 1.165) is 0 Å². The van der Waals surface area contributed by atoms with Crippen LogP contribution in [0.4, 0.5) is 0 Å². The number of allylic oxidation sites excluding steroid dienone is 2. The topological polar surface area (TPSA) is 0 Å². The van der Waals surface area contributed by atoms with Gasteiger partial charge in [0.05, 0.1) is 0 Å². The monoisotopic (exact) mass is 442 g/mol. The molecule has 184 valence electrons. The molecule has 0 aromatic heterocycles.